The number of carbonyl (C=O) groups excluding carboxylic acids is 3. The first-order valence-electron chi connectivity index (χ1n) is 10.6. The van der Waals surface area contributed by atoms with Crippen LogP contribution in [0, 0.1) is 13.8 Å². The van der Waals surface area contributed by atoms with Crippen LogP contribution in [-0.2, 0) is 14.4 Å². The Kier molecular flexibility index (Phi) is 9.71. The second-order valence-corrected chi connectivity index (χ2v) is 8.61. The minimum absolute atomic E-state index is 0.00106. The van der Waals surface area contributed by atoms with Crippen molar-refractivity contribution in [2.24, 2.45) is 0 Å². The number of hydrogen-bond donors (Lipinski definition) is 3. The maximum atomic E-state index is 12.1. The number of benzene rings is 2. The minimum atomic E-state index is -0.504. The SMILES string of the molecule is CCC(C)c1ccc(OCC(=O)NNC(=O)CCC(=O)Nc2cc(C)ccc2C)c(Br)c1. The number of halogens is 1. The van der Waals surface area contributed by atoms with Gasteiger partial charge in [-0.3, -0.25) is 25.2 Å². The van der Waals surface area contributed by atoms with Crippen molar-refractivity contribution in [2.75, 3.05) is 11.9 Å². The standard InChI is InChI=1S/C24H30BrN3O4/c1-5-16(3)18-8-9-21(19(25)13-18)32-14-24(31)28-27-23(30)11-10-22(29)26-20-12-15(2)6-7-17(20)4/h6-9,12-13,16H,5,10-11,14H2,1-4H3,(H,26,29)(H,27,30)(H,28,31). The van der Waals surface area contributed by atoms with Gasteiger partial charge >= 0.3 is 0 Å². The molecule has 2 rings (SSSR count). The highest BCUT2D eigenvalue weighted by Gasteiger charge is 2.12. The molecule has 0 saturated carbocycles. The van der Waals surface area contributed by atoms with Crippen LogP contribution in [0.4, 0.5) is 5.69 Å². The topological polar surface area (TPSA) is 96.5 Å². The lowest BCUT2D eigenvalue weighted by Gasteiger charge is -2.13. The molecule has 3 amide bonds. The predicted molar refractivity (Wildman–Crippen MR) is 128 cm³/mol. The summed E-state index contributed by atoms with van der Waals surface area (Å²) in [7, 11) is 0. The Morgan fingerprint density at radius 2 is 1.66 bits per heavy atom. The molecule has 172 valence electrons. The van der Waals surface area contributed by atoms with Gasteiger partial charge in [-0.05, 0) is 77.0 Å². The van der Waals surface area contributed by atoms with Gasteiger partial charge in [-0.1, -0.05) is 32.0 Å². The summed E-state index contributed by atoms with van der Waals surface area (Å²) in [4.78, 5) is 36.0. The van der Waals surface area contributed by atoms with Gasteiger partial charge in [0.05, 0.1) is 4.47 Å². The summed E-state index contributed by atoms with van der Waals surface area (Å²) in [6.45, 7) is 7.85. The van der Waals surface area contributed by atoms with E-state index in [-0.39, 0.29) is 25.4 Å². The van der Waals surface area contributed by atoms with Crippen molar-refractivity contribution in [1.29, 1.82) is 0 Å². The van der Waals surface area contributed by atoms with Gasteiger partial charge in [0.25, 0.3) is 5.91 Å². The molecule has 7 nitrogen and oxygen atoms in total. The molecule has 0 spiro atoms. The highest BCUT2D eigenvalue weighted by molar-refractivity contribution is 9.10. The molecule has 32 heavy (non-hydrogen) atoms. The third-order valence-corrected chi connectivity index (χ3v) is 5.70. The number of nitrogens with one attached hydrogen (secondary N) is 3. The summed E-state index contributed by atoms with van der Waals surface area (Å²) in [6, 6.07) is 11.5. The molecule has 0 aliphatic rings. The molecule has 0 bridgehead atoms. The highest BCUT2D eigenvalue weighted by atomic mass is 79.9. The monoisotopic (exact) mass is 503 g/mol. The van der Waals surface area contributed by atoms with E-state index in [2.05, 4.69) is 45.9 Å². The summed E-state index contributed by atoms with van der Waals surface area (Å²) < 4.78 is 6.28. The van der Waals surface area contributed by atoms with Gasteiger partial charge in [0.2, 0.25) is 11.8 Å². The van der Waals surface area contributed by atoms with Crippen LogP contribution < -0.4 is 20.9 Å². The molecule has 0 heterocycles. The van der Waals surface area contributed by atoms with Gasteiger partial charge in [0.15, 0.2) is 6.61 Å². The molecule has 1 unspecified atom stereocenters. The smallest absolute Gasteiger partial charge is 0.276 e. The van der Waals surface area contributed by atoms with Gasteiger partial charge in [0.1, 0.15) is 5.75 Å². The van der Waals surface area contributed by atoms with E-state index in [0.29, 0.717) is 11.7 Å². The minimum Gasteiger partial charge on any atom is -0.483 e. The first-order valence-corrected chi connectivity index (χ1v) is 11.4. The summed E-state index contributed by atoms with van der Waals surface area (Å²) in [5.74, 6) is -0.262. The average molecular weight is 504 g/mol. The number of carbonyl (C=O) groups is 3. The fourth-order valence-electron chi connectivity index (χ4n) is 2.87. The fourth-order valence-corrected chi connectivity index (χ4v) is 3.38. The number of amides is 3. The lowest BCUT2D eigenvalue weighted by molar-refractivity contribution is -0.130. The van der Waals surface area contributed by atoms with Crippen LogP contribution in [0.2, 0.25) is 0 Å². The van der Waals surface area contributed by atoms with Crippen LogP contribution >= 0.6 is 15.9 Å². The van der Waals surface area contributed by atoms with E-state index >= 15 is 0 Å². The summed E-state index contributed by atoms with van der Waals surface area (Å²) in [6.07, 6.45) is 0.976. The number of aryl methyl sites for hydroxylation is 2. The van der Waals surface area contributed by atoms with E-state index < -0.39 is 11.8 Å². The van der Waals surface area contributed by atoms with Crippen LogP contribution in [0.1, 0.15) is 55.7 Å². The number of hydrazine groups is 1. The van der Waals surface area contributed by atoms with Crippen LogP contribution in [-0.4, -0.2) is 24.3 Å². The summed E-state index contributed by atoms with van der Waals surface area (Å²) >= 11 is 3.46. The van der Waals surface area contributed by atoms with Crippen molar-refractivity contribution < 1.29 is 19.1 Å². The fraction of sp³-hybridized carbons (Fsp3) is 0.375. The van der Waals surface area contributed by atoms with Gasteiger partial charge in [-0.25, -0.2) is 0 Å². The molecule has 2 aromatic carbocycles. The maximum Gasteiger partial charge on any atom is 0.276 e. The molecular formula is C24H30BrN3O4. The van der Waals surface area contributed by atoms with Gasteiger partial charge < -0.3 is 10.1 Å². The summed E-state index contributed by atoms with van der Waals surface area (Å²) in [5, 5.41) is 2.80. The Morgan fingerprint density at radius 1 is 0.969 bits per heavy atom. The molecule has 0 fully saturated rings. The predicted octanol–water partition coefficient (Wildman–Crippen LogP) is 4.52. The first kappa shape index (κ1) is 25.4. The zero-order valence-corrected chi connectivity index (χ0v) is 20.5. The number of hydrogen-bond acceptors (Lipinski definition) is 4. The zero-order valence-electron chi connectivity index (χ0n) is 18.9. The lowest BCUT2D eigenvalue weighted by Crippen LogP contribution is -2.44. The molecular weight excluding hydrogens is 474 g/mol. The van der Waals surface area contributed by atoms with Gasteiger partial charge in [-0.2, -0.15) is 0 Å². The van der Waals surface area contributed by atoms with Gasteiger partial charge in [0, 0.05) is 18.5 Å². The van der Waals surface area contributed by atoms with Crippen molar-refractivity contribution in [3.8, 4) is 5.75 Å². The van der Waals surface area contributed by atoms with Crippen molar-refractivity contribution in [2.45, 2.75) is 52.9 Å². The molecule has 0 aliphatic heterocycles. The van der Waals surface area contributed by atoms with E-state index in [1.54, 1.807) is 0 Å². The third kappa shape index (κ3) is 8.00. The second-order valence-electron chi connectivity index (χ2n) is 7.75. The molecule has 0 aliphatic carbocycles. The van der Waals surface area contributed by atoms with Crippen LogP contribution in [0.3, 0.4) is 0 Å². The van der Waals surface area contributed by atoms with E-state index in [1.807, 2.05) is 50.2 Å². The van der Waals surface area contributed by atoms with E-state index in [4.69, 9.17) is 4.74 Å². The molecule has 1 atom stereocenters. The van der Waals surface area contributed by atoms with Crippen molar-refractivity contribution in [3.63, 3.8) is 0 Å². The molecule has 8 heteroatoms. The molecule has 0 radical (unpaired) electrons. The first-order chi connectivity index (χ1) is 15.2. The van der Waals surface area contributed by atoms with Gasteiger partial charge in [-0.15, -0.1) is 0 Å². The lowest BCUT2D eigenvalue weighted by atomic mass is 9.99. The van der Waals surface area contributed by atoms with Crippen molar-refractivity contribution in [1.82, 2.24) is 10.9 Å². The number of anilines is 1. The normalized spacial score (nSPS) is 11.4. The molecule has 0 saturated heterocycles. The Balaban J connectivity index is 1.71. The Hall–Kier alpha value is -2.87. The highest BCUT2D eigenvalue weighted by Crippen LogP contribution is 2.30. The molecule has 3 N–H and O–H groups in total. The van der Waals surface area contributed by atoms with Crippen molar-refractivity contribution in [3.05, 3.63) is 57.6 Å². The third-order valence-electron chi connectivity index (χ3n) is 5.08. The largest absolute Gasteiger partial charge is 0.483 e. The molecule has 0 aromatic heterocycles. The molecule has 2 aromatic rings. The Bertz CT molecular complexity index is 978. The number of ether oxygens (including phenoxy) is 1. The van der Waals surface area contributed by atoms with Crippen LogP contribution in [0.15, 0.2) is 40.9 Å². The summed E-state index contributed by atoms with van der Waals surface area (Å²) in [5.41, 5.74) is 8.48. The second kappa shape index (κ2) is 12.2. The van der Waals surface area contributed by atoms with E-state index in [0.717, 1.165) is 27.7 Å². The van der Waals surface area contributed by atoms with Crippen molar-refractivity contribution >= 4 is 39.3 Å². The maximum absolute atomic E-state index is 12.1. The Morgan fingerprint density at radius 3 is 2.34 bits per heavy atom. The van der Waals surface area contributed by atoms with Crippen LogP contribution in [0.5, 0.6) is 5.75 Å². The quantitative estimate of drug-likeness (QED) is 0.438. The Labute approximate surface area is 197 Å². The zero-order chi connectivity index (χ0) is 23.7. The van der Waals surface area contributed by atoms with E-state index in [9.17, 15) is 14.4 Å². The average Bonchev–Trinajstić information content (AvgIpc) is 2.77. The number of rotatable bonds is 9. The van der Waals surface area contributed by atoms with Crippen LogP contribution in [0.25, 0.3) is 0 Å². The van der Waals surface area contributed by atoms with E-state index in [1.165, 1.54) is 5.56 Å².